The van der Waals surface area contributed by atoms with Gasteiger partial charge in [0.15, 0.2) is 0 Å². The van der Waals surface area contributed by atoms with Crippen molar-refractivity contribution in [3.63, 3.8) is 0 Å². The summed E-state index contributed by atoms with van der Waals surface area (Å²) in [6.45, 7) is 16.0. The SMILES string of the molecule is CC.CC.CC.CC.[Rb+].[Rb+].[c-]1c2ccccc2c(-c2ccccc2)c2[c-]c3ccccc3c(-c3ccccc3)c12. The maximum absolute atomic E-state index is 3.75. The summed E-state index contributed by atoms with van der Waals surface area (Å²) >= 11 is 0. The van der Waals surface area contributed by atoms with Crippen LogP contribution in [0.4, 0.5) is 0 Å². The first-order valence-electron chi connectivity index (χ1n) is 14.2. The molecule has 0 amide bonds. The molecule has 0 fully saturated rings. The summed E-state index contributed by atoms with van der Waals surface area (Å²) < 4.78 is 0. The van der Waals surface area contributed by atoms with E-state index in [1.54, 1.807) is 0 Å². The average Bonchev–Trinajstić information content (AvgIpc) is 3.03. The zero-order valence-electron chi connectivity index (χ0n) is 26.4. The summed E-state index contributed by atoms with van der Waals surface area (Å²) in [4.78, 5) is 0. The second-order valence-electron chi connectivity index (χ2n) is 7.57. The first kappa shape index (κ1) is 39.7. The van der Waals surface area contributed by atoms with Crippen LogP contribution in [0.25, 0.3) is 54.6 Å². The van der Waals surface area contributed by atoms with Crippen LogP contribution in [0, 0.1) is 12.1 Å². The first-order valence-corrected chi connectivity index (χ1v) is 14.2. The monoisotopic (exact) mass is 668 g/mol. The Morgan fingerprint density at radius 3 is 0.950 bits per heavy atom. The zero-order valence-corrected chi connectivity index (χ0v) is 36.2. The fourth-order valence-electron chi connectivity index (χ4n) is 4.47. The molecule has 0 saturated carbocycles. The van der Waals surface area contributed by atoms with Crippen molar-refractivity contribution in [2.24, 2.45) is 0 Å². The molecule has 0 bridgehead atoms. The summed E-state index contributed by atoms with van der Waals surface area (Å²) in [5.74, 6) is 0. The first-order chi connectivity index (χ1) is 18.9. The van der Waals surface area contributed by atoms with Gasteiger partial charge in [0.05, 0.1) is 0 Å². The summed E-state index contributed by atoms with van der Waals surface area (Å²) in [6, 6.07) is 45.9. The molecule has 0 heterocycles. The van der Waals surface area contributed by atoms with Gasteiger partial charge in [-0.05, 0) is 0 Å². The Hall–Kier alpha value is -0.290. The third-order valence-electron chi connectivity index (χ3n) is 5.79. The molecule has 0 unspecified atom stereocenters. The van der Waals surface area contributed by atoms with Crippen LogP contribution in [0.15, 0.2) is 109 Å². The van der Waals surface area contributed by atoms with Crippen LogP contribution < -0.4 is 116 Å². The molecule has 0 radical (unpaired) electrons. The molecule has 2 heteroatoms. The van der Waals surface area contributed by atoms with Crippen LogP contribution in [0.1, 0.15) is 55.4 Å². The molecule has 6 aromatic carbocycles. The van der Waals surface area contributed by atoms with Gasteiger partial charge in [-0.2, -0.15) is 22.9 Å². The molecule has 0 saturated heterocycles. The standard InChI is InChI=1S/C30H18.4C2H6.2Rb/c1-3-11-21(12-4-1)29-25-17-9-7-15-23(25)20-28-27(29)19-24-16-8-10-18-26(24)30(28)22-13-5-2-6-14-22;4*1-2;;/h1-18H;4*1-2H3;;/q-2;;;;;2*+1. The van der Waals surface area contributed by atoms with E-state index < -0.39 is 0 Å². The number of benzene rings is 6. The summed E-state index contributed by atoms with van der Waals surface area (Å²) in [5.41, 5.74) is 4.86. The van der Waals surface area contributed by atoms with Crippen molar-refractivity contribution in [1.29, 1.82) is 0 Å². The average molecular weight is 670 g/mol. The Bertz CT molecular complexity index is 1400. The molecular weight excluding hydrogens is 627 g/mol. The Balaban J connectivity index is 0.00000141. The minimum Gasteiger partial charge on any atom is -0.181 e. The summed E-state index contributed by atoms with van der Waals surface area (Å²) in [7, 11) is 0. The minimum absolute atomic E-state index is 0. The quantitative estimate of drug-likeness (QED) is 0.152. The largest absolute Gasteiger partial charge is 1.00 e. The van der Waals surface area contributed by atoms with Crippen molar-refractivity contribution in [2.75, 3.05) is 0 Å². The number of fused-ring (bicyclic) bond motifs is 3. The summed E-state index contributed by atoms with van der Waals surface area (Å²) in [6.07, 6.45) is 0. The predicted octanol–water partition coefficient (Wildman–Crippen LogP) is 6.19. The van der Waals surface area contributed by atoms with Crippen LogP contribution in [0.2, 0.25) is 0 Å². The normalized spacial score (nSPS) is 9.10. The van der Waals surface area contributed by atoms with Gasteiger partial charge in [0.25, 0.3) is 0 Å². The Morgan fingerprint density at radius 2 is 0.625 bits per heavy atom. The van der Waals surface area contributed by atoms with Crippen molar-refractivity contribution in [3.05, 3.63) is 121 Å². The zero-order chi connectivity index (χ0) is 27.9. The van der Waals surface area contributed by atoms with Gasteiger partial charge in [-0.1, -0.05) is 164 Å². The van der Waals surface area contributed by atoms with Gasteiger partial charge in [0.1, 0.15) is 0 Å². The second-order valence-corrected chi connectivity index (χ2v) is 7.57. The molecule has 0 atom stereocenters. The van der Waals surface area contributed by atoms with Gasteiger partial charge in [0, 0.05) is 0 Å². The van der Waals surface area contributed by atoms with Crippen LogP contribution >= 0.6 is 0 Å². The smallest absolute Gasteiger partial charge is 0.181 e. The molecule has 0 aliphatic carbocycles. The predicted molar refractivity (Wildman–Crippen MR) is 173 cm³/mol. The third-order valence-corrected chi connectivity index (χ3v) is 5.79. The van der Waals surface area contributed by atoms with Gasteiger partial charge in [0.2, 0.25) is 0 Å². The molecule has 0 aliphatic heterocycles. The van der Waals surface area contributed by atoms with E-state index in [0.29, 0.717) is 0 Å². The molecule has 0 aromatic heterocycles. The fourth-order valence-corrected chi connectivity index (χ4v) is 4.47. The van der Waals surface area contributed by atoms with Gasteiger partial charge >= 0.3 is 116 Å². The van der Waals surface area contributed by atoms with E-state index in [1.807, 2.05) is 55.4 Å². The van der Waals surface area contributed by atoms with E-state index >= 15 is 0 Å². The second kappa shape index (κ2) is 22.3. The Morgan fingerprint density at radius 1 is 0.350 bits per heavy atom. The Kier molecular flexibility index (Phi) is 22.1. The van der Waals surface area contributed by atoms with Crippen LogP contribution in [0.3, 0.4) is 0 Å². The third kappa shape index (κ3) is 9.35. The maximum atomic E-state index is 3.75. The Labute approximate surface area is 341 Å². The molecule has 0 aliphatic rings. The van der Waals surface area contributed by atoms with E-state index in [2.05, 4.69) is 121 Å². The van der Waals surface area contributed by atoms with E-state index in [9.17, 15) is 0 Å². The van der Waals surface area contributed by atoms with Crippen molar-refractivity contribution in [2.45, 2.75) is 55.4 Å². The van der Waals surface area contributed by atoms with Gasteiger partial charge in [-0.3, -0.25) is 0 Å². The molecule has 6 aromatic rings. The number of hydrogen-bond donors (Lipinski definition) is 0. The van der Waals surface area contributed by atoms with E-state index in [0.717, 1.165) is 21.5 Å². The van der Waals surface area contributed by atoms with Crippen LogP contribution in [-0.2, 0) is 0 Å². The molecule has 196 valence electrons. The molecule has 40 heavy (non-hydrogen) atoms. The van der Waals surface area contributed by atoms with Crippen molar-refractivity contribution in [1.82, 2.24) is 0 Å². The van der Waals surface area contributed by atoms with Crippen LogP contribution in [-0.4, -0.2) is 0 Å². The molecule has 0 spiro atoms. The van der Waals surface area contributed by atoms with Crippen molar-refractivity contribution >= 4 is 32.3 Å². The van der Waals surface area contributed by atoms with Gasteiger partial charge in [-0.25, -0.2) is 0 Å². The summed E-state index contributed by atoms with van der Waals surface area (Å²) in [5, 5.41) is 6.92. The number of rotatable bonds is 2. The topological polar surface area (TPSA) is 0 Å². The van der Waals surface area contributed by atoms with Crippen LogP contribution in [0.5, 0.6) is 0 Å². The van der Waals surface area contributed by atoms with Crippen molar-refractivity contribution in [3.8, 4) is 22.3 Å². The number of hydrogen-bond acceptors (Lipinski definition) is 0. The van der Waals surface area contributed by atoms with Crippen molar-refractivity contribution < 1.29 is 116 Å². The van der Waals surface area contributed by atoms with E-state index in [1.165, 1.54) is 33.0 Å². The maximum Gasteiger partial charge on any atom is 1.00 e. The van der Waals surface area contributed by atoms with E-state index in [-0.39, 0.29) is 116 Å². The van der Waals surface area contributed by atoms with Gasteiger partial charge in [-0.15, -0.1) is 44.8 Å². The van der Waals surface area contributed by atoms with E-state index in [4.69, 9.17) is 0 Å². The molecular formula is C38H42Rb2. The fraction of sp³-hybridized carbons (Fsp3) is 0.211. The molecule has 0 nitrogen and oxygen atoms in total. The molecule has 6 rings (SSSR count). The minimum atomic E-state index is 0. The van der Waals surface area contributed by atoms with Gasteiger partial charge < -0.3 is 0 Å². The molecule has 0 N–H and O–H groups in total.